The summed E-state index contributed by atoms with van der Waals surface area (Å²) in [4.78, 5) is 15.3. The number of benzene rings is 1. The lowest BCUT2D eigenvalue weighted by Crippen LogP contribution is -2.57. The van der Waals surface area contributed by atoms with Crippen LogP contribution >= 0.6 is 0 Å². The van der Waals surface area contributed by atoms with Crippen molar-refractivity contribution in [2.24, 2.45) is 5.92 Å². The summed E-state index contributed by atoms with van der Waals surface area (Å²) in [5.41, 5.74) is 4.00. The standard InChI is InChI=1S/C18H24N2O2/c21-11-14-5-4-12-2-1-3-15(12)17(14)18(22)19-16-10-20-8-6-13(16)7-9-20/h4-5,13,16,21H,1-3,6-11H2,(H,19,22)/t16-/m0/s1. The van der Waals surface area contributed by atoms with Crippen LogP contribution in [0.2, 0.25) is 0 Å². The predicted molar refractivity (Wildman–Crippen MR) is 84.8 cm³/mol. The lowest BCUT2D eigenvalue weighted by molar-refractivity contribution is 0.0618. The van der Waals surface area contributed by atoms with Gasteiger partial charge in [0.2, 0.25) is 0 Å². The van der Waals surface area contributed by atoms with Crippen LogP contribution in [-0.4, -0.2) is 41.6 Å². The molecule has 0 unspecified atom stereocenters. The van der Waals surface area contributed by atoms with E-state index in [9.17, 15) is 9.90 Å². The van der Waals surface area contributed by atoms with Crippen molar-refractivity contribution < 1.29 is 9.90 Å². The van der Waals surface area contributed by atoms with E-state index < -0.39 is 0 Å². The van der Waals surface area contributed by atoms with Gasteiger partial charge in [-0.3, -0.25) is 4.79 Å². The summed E-state index contributed by atoms with van der Waals surface area (Å²) >= 11 is 0. The Morgan fingerprint density at radius 2 is 2.09 bits per heavy atom. The van der Waals surface area contributed by atoms with E-state index in [4.69, 9.17) is 0 Å². The van der Waals surface area contributed by atoms with Crippen molar-refractivity contribution in [2.75, 3.05) is 19.6 Å². The van der Waals surface area contributed by atoms with Crippen LogP contribution in [0.15, 0.2) is 12.1 Å². The van der Waals surface area contributed by atoms with Gasteiger partial charge in [0.1, 0.15) is 0 Å². The fourth-order valence-corrected chi connectivity index (χ4v) is 4.50. The van der Waals surface area contributed by atoms with Gasteiger partial charge in [0, 0.05) is 18.2 Å². The molecule has 1 aromatic carbocycles. The zero-order valence-corrected chi connectivity index (χ0v) is 13.0. The van der Waals surface area contributed by atoms with E-state index >= 15 is 0 Å². The van der Waals surface area contributed by atoms with Crippen LogP contribution in [0.3, 0.4) is 0 Å². The summed E-state index contributed by atoms with van der Waals surface area (Å²) < 4.78 is 0. The molecule has 118 valence electrons. The molecule has 5 rings (SSSR count). The Morgan fingerprint density at radius 3 is 2.77 bits per heavy atom. The zero-order valence-electron chi connectivity index (χ0n) is 13.0. The number of aliphatic hydroxyl groups excluding tert-OH is 1. The molecule has 1 aliphatic carbocycles. The summed E-state index contributed by atoms with van der Waals surface area (Å²) in [5.74, 6) is 0.657. The maximum absolute atomic E-state index is 12.9. The van der Waals surface area contributed by atoms with Crippen LogP contribution in [0.25, 0.3) is 0 Å². The molecule has 3 saturated heterocycles. The van der Waals surface area contributed by atoms with Gasteiger partial charge in [0.15, 0.2) is 0 Å². The molecule has 3 heterocycles. The van der Waals surface area contributed by atoms with E-state index in [1.807, 2.05) is 6.07 Å². The van der Waals surface area contributed by atoms with E-state index in [0.717, 1.165) is 36.9 Å². The Kier molecular flexibility index (Phi) is 3.66. The summed E-state index contributed by atoms with van der Waals surface area (Å²) in [6.07, 6.45) is 5.53. The Morgan fingerprint density at radius 1 is 1.27 bits per heavy atom. The Hall–Kier alpha value is -1.39. The van der Waals surface area contributed by atoms with Gasteiger partial charge in [-0.1, -0.05) is 12.1 Å². The fourth-order valence-electron chi connectivity index (χ4n) is 4.50. The number of carbonyl (C=O) groups is 1. The van der Waals surface area contributed by atoms with Gasteiger partial charge in [-0.2, -0.15) is 0 Å². The number of piperidine rings is 3. The highest BCUT2D eigenvalue weighted by molar-refractivity contribution is 5.98. The number of rotatable bonds is 3. The van der Waals surface area contributed by atoms with Crippen molar-refractivity contribution in [3.8, 4) is 0 Å². The molecule has 2 bridgehead atoms. The van der Waals surface area contributed by atoms with Gasteiger partial charge in [0.25, 0.3) is 5.91 Å². The molecule has 4 nitrogen and oxygen atoms in total. The monoisotopic (exact) mass is 300 g/mol. The number of aliphatic hydroxyl groups is 1. The SMILES string of the molecule is O=C(N[C@H]1CN2CCC1CC2)c1c(CO)ccc2c1CCC2. The van der Waals surface area contributed by atoms with Crippen molar-refractivity contribution >= 4 is 5.91 Å². The number of amides is 1. The first kappa shape index (κ1) is 14.2. The molecule has 3 fully saturated rings. The van der Waals surface area contributed by atoms with Crippen molar-refractivity contribution in [3.05, 3.63) is 34.4 Å². The van der Waals surface area contributed by atoms with Crippen LogP contribution < -0.4 is 5.32 Å². The maximum Gasteiger partial charge on any atom is 0.252 e. The van der Waals surface area contributed by atoms with E-state index in [1.54, 1.807) is 0 Å². The number of nitrogens with zero attached hydrogens (tertiary/aromatic N) is 1. The van der Waals surface area contributed by atoms with Gasteiger partial charge >= 0.3 is 0 Å². The van der Waals surface area contributed by atoms with Crippen molar-refractivity contribution in [1.82, 2.24) is 10.2 Å². The molecular weight excluding hydrogens is 276 g/mol. The van der Waals surface area contributed by atoms with Crippen LogP contribution in [0, 0.1) is 5.92 Å². The lowest BCUT2D eigenvalue weighted by atomic mass is 9.83. The van der Waals surface area contributed by atoms with Crippen molar-refractivity contribution in [1.29, 1.82) is 0 Å². The van der Waals surface area contributed by atoms with Crippen LogP contribution in [0.4, 0.5) is 0 Å². The normalized spacial score (nSPS) is 29.4. The van der Waals surface area contributed by atoms with Crippen LogP contribution in [0.1, 0.15) is 46.3 Å². The molecule has 1 aromatic rings. The van der Waals surface area contributed by atoms with Gasteiger partial charge in [-0.05, 0) is 67.8 Å². The van der Waals surface area contributed by atoms with Crippen molar-refractivity contribution in [3.63, 3.8) is 0 Å². The molecule has 0 aromatic heterocycles. The molecule has 0 saturated carbocycles. The highest BCUT2D eigenvalue weighted by atomic mass is 16.3. The number of hydrogen-bond donors (Lipinski definition) is 2. The molecule has 3 aliphatic heterocycles. The number of nitrogens with one attached hydrogen (secondary N) is 1. The molecule has 1 atom stereocenters. The van der Waals surface area contributed by atoms with Gasteiger partial charge < -0.3 is 15.3 Å². The third kappa shape index (κ3) is 2.34. The zero-order chi connectivity index (χ0) is 15.1. The second kappa shape index (κ2) is 5.67. The number of fused-ring (bicyclic) bond motifs is 4. The summed E-state index contributed by atoms with van der Waals surface area (Å²) in [7, 11) is 0. The Balaban J connectivity index is 1.59. The van der Waals surface area contributed by atoms with Gasteiger partial charge in [-0.15, -0.1) is 0 Å². The van der Waals surface area contributed by atoms with E-state index in [0.29, 0.717) is 5.92 Å². The average Bonchev–Trinajstić information content (AvgIpc) is 3.03. The fraction of sp³-hybridized carbons (Fsp3) is 0.611. The van der Waals surface area contributed by atoms with Gasteiger partial charge in [0.05, 0.1) is 6.61 Å². The molecule has 4 heteroatoms. The highest BCUT2D eigenvalue weighted by Gasteiger charge is 2.35. The van der Waals surface area contributed by atoms with Gasteiger partial charge in [-0.25, -0.2) is 0 Å². The molecule has 1 amide bonds. The molecule has 2 N–H and O–H groups in total. The minimum Gasteiger partial charge on any atom is -0.392 e. The van der Waals surface area contributed by atoms with E-state index in [-0.39, 0.29) is 18.6 Å². The summed E-state index contributed by atoms with van der Waals surface area (Å²) in [6, 6.07) is 4.29. The maximum atomic E-state index is 12.9. The lowest BCUT2D eigenvalue weighted by Gasteiger charge is -2.45. The molecule has 0 radical (unpaired) electrons. The number of aryl methyl sites for hydroxylation is 1. The quantitative estimate of drug-likeness (QED) is 0.889. The first-order valence-electron chi connectivity index (χ1n) is 8.54. The summed E-state index contributed by atoms with van der Waals surface area (Å²) in [5, 5.41) is 12.9. The van der Waals surface area contributed by atoms with Crippen LogP contribution in [0.5, 0.6) is 0 Å². The molecule has 22 heavy (non-hydrogen) atoms. The van der Waals surface area contributed by atoms with E-state index in [1.165, 1.54) is 37.1 Å². The molecule has 0 spiro atoms. The van der Waals surface area contributed by atoms with E-state index in [2.05, 4.69) is 16.3 Å². The first-order valence-corrected chi connectivity index (χ1v) is 8.54. The topological polar surface area (TPSA) is 52.6 Å². The Bertz CT molecular complexity index is 591. The second-order valence-electron chi connectivity index (χ2n) is 6.97. The van der Waals surface area contributed by atoms with Crippen molar-refractivity contribution in [2.45, 2.75) is 44.8 Å². The third-order valence-electron chi connectivity index (χ3n) is 5.74. The first-order chi connectivity index (χ1) is 10.8. The van der Waals surface area contributed by atoms with Crippen LogP contribution in [-0.2, 0) is 19.4 Å². The molecular formula is C18H24N2O2. The summed E-state index contributed by atoms with van der Waals surface area (Å²) in [6.45, 7) is 3.29. The number of hydrogen-bond acceptors (Lipinski definition) is 3. The number of carbonyl (C=O) groups excluding carboxylic acids is 1. The molecule has 4 aliphatic rings. The average molecular weight is 300 g/mol. The largest absolute Gasteiger partial charge is 0.392 e. The predicted octanol–water partition coefficient (Wildman–Crippen LogP) is 1.49. The highest BCUT2D eigenvalue weighted by Crippen LogP contribution is 2.30. The third-order valence-corrected chi connectivity index (χ3v) is 5.74. The Labute approximate surface area is 131 Å². The minimum absolute atomic E-state index is 0.0292. The minimum atomic E-state index is -0.0593. The second-order valence-corrected chi connectivity index (χ2v) is 6.97. The smallest absolute Gasteiger partial charge is 0.252 e.